The summed E-state index contributed by atoms with van der Waals surface area (Å²) < 4.78 is 5.25. The van der Waals surface area contributed by atoms with Gasteiger partial charge in [-0.2, -0.15) is 0 Å². The van der Waals surface area contributed by atoms with Crippen molar-refractivity contribution < 1.29 is 9.84 Å². The van der Waals surface area contributed by atoms with E-state index in [1.807, 2.05) is 24.3 Å². The summed E-state index contributed by atoms with van der Waals surface area (Å²) in [6, 6.07) is 7.72. The lowest BCUT2D eigenvalue weighted by molar-refractivity contribution is 0.172. The number of aromatic amines is 1. The van der Waals surface area contributed by atoms with Crippen LogP contribution in [-0.2, 0) is 12.8 Å². The van der Waals surface area contributed by atoms with Gasteiger partial charge in [0.15, 0.2) is 0 Å². The number of H-pyrrole nitrogens is 1. The third-order valence-electron chi connectivity index (χ3n) is 2.63. The molecule has 0 fully saturated rings. The third kappa shape index (κ3) is 3.07. The lowest BCUT2D eigenvalue weighted by Gasteiger charge is -2.12. The number of imidazole rings is 1. The number of hydrogen-bond acceptors (Lipinski definition) is 3. The molecule has 0 aliphatic rings. The Hall–Kier alpha value is -1.81. The number of methoxy groups -OCH3 is 1. The highest BCUT2D eigenvalue weighted by Gasteiger charge is 2.11. The van der Waals surface area contributed by atoms with Crippen molar-refractivity contribution >= 4 is 0 Å². The van der Waals surface area contributed by atoms with E-state index >= 15 is 0 Å². The zero-order valence-corrected chi connectivity index (χ0v) is 9.76. The summed E-state index contributed by atoms with van der Waals surface area (Å²) in [6.07, 6.45) is 4.06. The second-order valence-electron chi connectivity index (χ2n) is 3.91. The van der Waals surface area contributed by atoms with E-state index < -0.39 is 6.10 Å². The van der Waals surface area contributed by atoms with Crippen molar-refractivity contribution in [3.05, 3.63) is 48.0 Å². The van der Waals surface area contributed by atoms with Gasteiger partial charge in [-0.1, -0.05) is 18.2 Å². The van der Waals surface area contributed by atoms with Crippen LogP contribution in [0.4, 0.5) is 0 Å². The fourth-order valence-electron chi connectivity index (χ4n) is 1.83. The number of hydrogen-bond donors (Lipinski definition) is 2. The van der Waals surface area contributed by atoms with Crippen molar-refractivity contribution in [2.75, 3.05) is 7.11 Å². The molecule has 17 heavy (non-hydrogen) atoms. The largest absolute Gasteiger partial charge is 0.496 e. The molecule has 1 heterocycles. The van der Waals surface area contributed by atoms with Gasteiger partial charge < -0.3 is 14.8 Å². The van der Waals surface area contributed by atoms with Gasteiger partial charge >= 0.3 is 0 Å². The molecule has 0 saturated carbocycles. The van der Waals surface area contributed by atoms with E-state index in [0.29, 0.717) is 12.8 Å². The summed E-state index contributed by atoms with van der Waals surface area (Å²) in [5, 5.41) is 9.98. The zero-order chi connectivity index (χ0) is 12.1. The first-order valence-corrected chi connectivity index (χ1v) is 5.58. The fourth-order valence-corrected chi connectivity index (χ4v) is 1.83. The summed E-state index contributed by atoms with van der Waals surface area (Å²) in [7, 11) is 1.64. The quantitative estimate of drug-likeness (QED) is 0.822. The molecule has 1 aromatic heterocycles. The SMILES string of the molecule is COc1ccccc1CC(O)Cc1ncc[nH]1. The highest BCUT2D eigenvalue weighted by molar-refractivity contribution is 5.33. The standard InChI is InChI=1S/C13H16N2O2/c1-17-12-5-3-2-4-10(12)8-11(16)9-13-14-6-7-15-13/h2-7,11,16H,8-9H2,1H3,(H,14,15). The maximum atomic E-state index is 9.98. The molecule has 2 aromatic rings. The van der Waals surface area contributed by atoms with E-state index in [9.17, 15) is 5.11 Å². The topological polar surface area (TPSA) is 58.1 Å². The van der Waals surface area contributed by atoms with Crippen LogP contribution >= 0.6 is 0 Å². The molecule has 0 aliphatic heterocycles. The Morgan fingerprint density at radius 3 is 2.88 bits per heavy atom. The normalized spacial score (nSPS) is 12.4. The van der Waals surface area contributed by atoms with Crippen molar-refractivity contribution in [2.24, 2.45) is 0 Å². The molecule has 1 aromatic carbocycles. The van der Waals surface area contributed by atoms with E-state index in [4.69, 9.17) is 4.74 Å². The van der Waals surface area contributed by atoms with Gasteiger partial charge in [-0.05, 0) is 11.6 Å². The van der Waals surface area contributed by atoms with Gasteiger partial charge in [-0.3, -0.25) is 0 Å². The molecule has 2 N–H and O–H groups in total. The van der Waals surface area contributed by atoms with Gasteiger partial charge in [0.05, 0.1) is 13.2 Å². The van der Waals surface area contributed by atoms with Crippen LogP contribution < -0.4 is 4.74 Å². The van der Waals surface area contributed by atoms with E-state index in [1.165, 1.54) is 0 Å². The van der Waals surface area contributed by atoms with Crippen LogP contribution in [-0.4, -0.2) is 28.3 Å². The molecule has 1 atom stereocenters. The van der Waals surface area contributed by atoms with Crippen molar-refractivity contribution in [3.63, 3.8) is 0 Å². The van der Waals surface area contributed by atoms with Gasteiger partial charge in [-0.15, -0.1) is 0 Å². The van der Waals surface area contributed by atoms with E-state index in [1.54, 1.807) is 19.5 Å². The molecule has 0 amide bonds. The minimum atomic E-state index is -0.461. The number of aromatic nitrogens is 2. The summed E-state index contributed by atoms with van der Waals surface area (Å²) in [6.45, 7) is 0. The van der Waals surface area contributed by atoms with Gasteiger partial charge in [0.25, 0.3) is 0 Å². The van der Waals surface area contributed by atoms with Crippen LogP contribution in [0.25, 0.3) is 0 Å². The van der Waals surface area contributed by atoms with Crippen LogP contribution in [0.3, 0.4) is 0 Å². The first-order valence-electron chi connectivity index (χ1n) is 5.58. The second-order valence-corrected chi connectivity index (χ2v) is 3.91. The number of nitrogens with zero attached hydrogens (tertiary/aromatic N) is 1. The van der Waals surface area contributed by atoms with Crippen LogP contribution in [0, 0.1) is 0 Å². The molecular weight excluding hydrogens is 216 g/mol. The molecule has 0 radical (unpaired) electrons. The monoisotopic (exact) mass is 232 g/mol. The number of rotatable bonds is 5. The number of para-hydroxylation sites is 1. The third-order valence-corrected chi connectivity index (χ3v) is 2.63. The van der Waals surface area contributed by atoms with Crippen LogP contribution in [0.2, 0.25) is 0 Å². The first kappa shape index (κ1) is 11.7. The molecule has 90 valence electrons. The summed E-state index contributed by atoms with van der Waals surface area (Å²) in [5.41, 5.74) is 1.01. The molecule has 0 aliphatic carbocycles. The number of nitrogens with one attached hydrogen (secondary N) is 1. The van der Waals surface area contributed by atoms with Crippen LogP contribution in [0.1, 0.15) is 11.4 Å². The number of aliphatic hydroxyl groups excluding tert-OH is 1. The van der Waals surface area contributed by atoms with Crippen LogP contribution in [0.15, 0.2) is 36.7 Å². The smallest absolute Gasteiger partial charge is 0.122 e. The summed E-state index contributed by atoms with van der Waals surface area (Å²) >= 11 is 0. The maximum Gasteiger partial charge on any atom is 0.122 e. The highest BCUT2D eigenvalue weighted by atomic mass is 16.5. The van der Waals surface area contributed by atoms with Gasteiger partial charge in [0.2, 0.25) is 0 Å². The van der Waals surface area contributed by atoms with Crippen LogP contribution in [0.5, 0.6) is 5.75 Å². The number of aliphatic hydroxyl groups is 1. The van der Waals surface area contributed by atoms with E-state index in [0.717, 1.165) is 17.1 Å². The molecule has 4 nitrogen and oxygen atoms in total. The predicted molar refractivity (Wildman–Crippen MR) is 65.0 cm³/mol. The zero-order valence-electron chi connectivity index (χ0n) is 9.76. The Morgan fingerprint density at radius 2 is 2.18 bits per heavy atom. The highest BCUT2D eigenvalue weighted by Crippen LogP contribution is 2.19. The van der Waals surface area contributed by atoms with Crippen molar-refractivity contribution in [1.82, 2.24) is 9.97 Å². The maximum absolute atomic E-state index is 9.98. The first-order chi connectivity index (χ1) is 8.29. The van der Waals surface area contributed by atoms with E-state index in [-0.39, 0.29) is 0 Å². The summed E-state index contributed by atoms with van der Waals surface area (Å²) in [5.74, 6) is 1.61. The average molecular weight is 232 g/mol. The Labute approximate surface area is 100 Å². The predicted octanol–water partition coefficient (Wildman–Crippen LogP) is 1.56. The molecule has 4 heteroatoms. The van der Waals surface area contributed by atoms with Gasteiger partial charge in [-0.25, -0.2) is 4.98 Å². The van der Waals surface area contributed by atoms with Gasteiger partial charge in [0.1, 0.15) is 11.6 Å². The molecule has 0 saturated heterocycles. The lowest BCUT2D eigenvalue weighted by Crippen LogP contribution is -2.15. The average Bonchev–Trinajstić information content (AvgIpc) is 2.82. The molecule has 0 spiro atoms. The lowest BCUT2D eigenvalue weighted by atomic mass is 10.0. The Morgan fingerprint density at radius 1 is 1.35 bits per heavy atom. The molecule has 1 unspecified atom stereocenters. The minimum Gasteiger partial charge on any atom is -0.496 e. The van der Waals surface area contributed by atoms with Crippen molar-refractivity contribution in [2.45, 2.75) is 18.9 Å². The van der Waals surface area contributed by atoms with Gasteiger partial charge in [0, 0.05) is 25.2 Å². The Bertz CT molecular complexity index is 454. The number of ether oxygens (including phenoxy) is 1. The minimum absolute atomic E-state index is 0.461. The van der Waals surface area contributed by atoms with Crippen molar-refractivity contribution in [1.29, 1.82) is 0 Å². The molecular formula is C13H16N2O2. The second kappa shape index (κ2) is 5.50. The Kier molecular flexibility index (Phi) is 3.77. The summed E-state index contributed by atoms with van der Waals surface area (Å²) in [4.78, 5) is 7.07. The Balaban J connectivity index is 2.00. The fraction of sp³-hybridized carbons (Fsp3) is 0.308. The number of benzene rings is 1. The van der Waals surface area contributed by atoms with Crippen molar-refractivity contribution in [3.8, 4) is 5.75 Å². The van der Waals surface area contributed by atoms with E-state index in [2.05, 4.69) is 9.97 Å². The molecule has 2 rings (SSSR count). The molecule has 0 bridgehead atoms.